The van der Waals surface area contributed by atoms with E-state index in [1.165, 1.54) is 6.07 Å². The van der Waals surface area contributed by atoms with Crippen LogP contribution >= 0.6 is 11.6 Å². The lowest BCUT2D eigenvalue weighted by atomic mass is 9.94. The number of halogens is 4. The molecule has 8 heteroatoms. The third-order valence-electron chi connectivity index (χ3n) is 4.99. The first-order chi connectivity index (χ1) is 14.9. The second-order valence-electron chi connectivity index (χ2n) is 7.00. The van der Waals surface area contributed by atoms with Crippen molar-refractivity contribution in [2.24, 2.45) is 0 Å². The maximum absolute atomic E-state index is 13.4. The zero-order valence-electron chi connectivity index (χ0n) is 16.4. The Kier molecular flexibility index (Phi) is 6.55. The van der Waals surface area contributed by atoms with Gasteiger partial charge in [0.1, 0.15) is 0 Å². The standard InChI is InChI=1S/C23H19ClF3N3O/c24-20-6-5-17(13-19(20)23(25,26)27)22-16(3-2-8-29-22)14-21(18-4-1-7-28-15-18)30-9-11-31-12-10-30/h1-8,13-15H,9-12H2. The molecule has 1 saturated heterocycles. The number of hydrogen-bond donors (Lipinski definition) is 0. The van der Waals surface area contributed by atoms with Crippen LogP contribution in [-0.2, 0) is 10.9 Å². The highest BCUT2D eigenvalue weighted by molar-refractivity contribution is 6.31. The zero-order valence-corrected chi connectivity index (χ0v) is 17.2. The van der Waals surface area contributed by atoms with E-state index in [1.54, 1.807) is 30.7 Å². The monoisotopic (exact) mass is 445 g/mol. The maximum Gasteiger partial charge on any atom is 0.417 e. The molecule has 1 fully saturated rings. The molecule has 2 radical (unpaired) electrons. The lowest BCUT2D eigenvalue weighted by Crippen LogP contribution is -2.40. The summed E-state index contributed by atoms with van der Waals surface area (Å²) in [6.07, 6.45) is 2.41. The lowest BCUT2D eigenvalue weighted by molar-refractivity contribution is -0.137. The number of rotatable bonds is 5. The molecule has 0 atom stereocenters. The van der Waals surface area contributed by atoms with Crippen LogP contribution in [0.3, 0.4) is 0 Å². The van der Waals surface area contributed by atoms with E-state index < -0.39 is 11.7 Å². The quantitative estimate of drug-likeness (QED) is 0.535. The van der Waals surface area contributed by atoms with Gasteiger partial charge in [-0.05, 0) is 35.4 Å². The Bertz CT molecular complexity index is 1020. The number of hydrogen-bond acceptors (Lipinski definition) is 4. The molecule has 3 aromatic rings. The summed E-state index contributed by atoms with van der Waals surface area (Å²) < 4.78 is 45.6. The van der Waals surface area contributed by atoms with Crippen molar-refractivity contribution in [1.29, 1.82) is 0 Å². The second-order valence-corrected chi connectivity index (χ2v) is 7.41. The van der Waals surface area contributed by atoms with Crippen LogP contribution in [0.4, 0.5) is 13.2 Å². The third kappa shape index (κ3) is 5.06. The molecule has 2 aromatic heterocycles. The molecule has 31 heavy (non-hydrogen) atoms. The van der Waals surface area contributed by atoms with E-state index in [-0.39, 0.29) is 5.02 Å². The molecule has 0 saturated carbocycles. The predicted octanol–water partition coefficient (Wildman–Crippen LogP) is 5.28. The van der Waals surface area contributed by atoms with E-state index in [1.807, 2.05) is 24.6 Å². The van der Waals surface area contributed by atoms with Gasteiger partial charge in [0, 0.05) is 43.7 Å². The van der Waals surface area contributed by atoms with E-state index in [2.05, 4.69) is 14.9 Å². The zero-order chi connectivity index (χ0) is 21.8. The summed E-state index contributed by atoms with van der Waals surface area (Å²) in [5, 5.41) is -0.339. The Hall–Kier alpha value is -2.48. The van der Waals surface area contributed by atoms with Gasteiger partial charge in [-0.2, -0.15) is 13.2 Å². The number of aromatic nitrogens is 2. The van der Waals surface area contributed by atoms with Crippen LogP contribution in [0.25, 0.3) is 11.3 Å². The van der Waals surface area contributed by atoms with E-state index in [0.29, 0.717) is 43.1 Å². The fourth-order valence-corrected chi connectivity index (χ4v) is 3.71. The minimum atomic E-state index is -4.55. The minimum Gasteiger partial charge on any atom is -0.379 e. The average Bonchev–Trinajstić information content (AvgIpc) is 2.78. The average molecular weight is 446 g/mol. The van der Waals surface area contributed by atoms with Gasteiger partial charge in [-0.25, -0.2) is 0 Å². The summed E-state index contributed by atoms with van der Waals surface area (Å²) >= 11 is 5.80. The van der Waals surface area contributed by atoms with Gasteiger partial charge in [-0.1, -0.05) is 29.8 Å². The molecule has 160 valence electrons. The molecular weight excluding hydrogens is 427 g/mol. The van der Waals surface area contributed by atoms with Crippen LogP contribution in [0.15, 0.2) is 61.1 Å². The second kappa shape index (κ2) is 9.34. The number of alkyl halides is 3. The number of nitrogens with zero attached hydrogens (tertiary/aromatic N) is 3. The van der Waals surface area contributed by atoms with Gasteiger partial charge >= 0.3 is 6.18 Å². The fraction of sp³-hybridized carbons (Fsp3) is 0.217. The van der Waals surface area contributed by atoms with Crippen LogP contribution in [0, 0.1) is 12.5 Å². The predicted molar refractivity (Wildman–Crippen MR) is 112 cm³/mol. The SMILES string of the molecule is FC(F)(F)c1cc(-c2ncccc2[CH][C](c2cccnc2)N2CCOCC2)ccc1Cl. The summed E-state index contributed by atoms with van der Waals surface area (Å²) in [4.78, 5) is 10.8. The van der Waals surface area contributed by atoms with Gasteiger partial charge in [0.25, 0.3) is 0 Å². The van der Waals surface area contributed by atoms with Crippen LogP contribution in [0.2, 0.25) is 5.02 Å². The lowest BCUT2D eigenvalue weighted by Gasteiger charge is -2.34. The van der Waals surface area contributed by atoms with Crippen molar-refractivity contribution in [1.82, 2.24) is 14.9 Å². The molecule has 1 aliphatic heterocycles. The van der Waals surface area contributed by atoms with E-state index in [4.69, 9.17) is 16.3 Å². The van der Waals surface area contributed by atoms with Crippen molar-refractivity contribution in [2.75, 3.05) is 26.3 Å². The van der Waals surface area contributed by atoms with Gasteiger partial charge < -0.3 is 4.74 Å². The molecule has 1 aliphatic rings. The van der Waals surface area contributed by atoms with Crippen LogP contribution < -0.4 is 0 Å². The number of pyridine rings is 2. The van der Waals surface area contributed by atoms with Crippen molar-refractivity contribution in [2.45, 2.75) is 6.18 Å². The normalized spacial score (nSPS) is 15.4. The highest BCUT2D eigenvalue weighted by Crippen LogP contribution is 2.38. The summed E-state index contributed by atoms with van der Waals surface area (Å²) in [6.45, 7) is 2.61. The molecule has 3 heterocycles. The van der Waals surface area contributed by atoms with Crippen LogP contribution in [0.1, 0.15) is 16.7 Å². The van der Waals surface area contributed by atoms with Gasteiger partial charge in [0.15, 0.2) is 0 Å². The molecule has 4 nitrogen and oxygen atoms in total. The molecule has 0 spiro atoms. The summed E-state index contributed by atoms with van der Waals surface area (Å²) in [7, 11) is 0. The largest absolute Gasteiger partial charge is 0.417 e. The Balaban J connectivity index is 1.72. The summed E-state index contributed by atoms with van der Waals surface area (Å²) in [5.74, 6) is 0. The first kappa shape index (κ1) is 21.7. The number of morpholine rings is 1. The van der Waals surface area contributed by atoms with Gasteiger partial charge in [-0.3, -0.25) is 14.9 Å². The molecule has 0 aliphatic carbocycles. The first-order valence-corrected chi connectivity index (χ1v) is 10.1. The Labute approximate surface area is 183 Å². The van der Waals surface area contributed by atoms with Gasteiger partial charge in [-0.15, -0.1) is 0 Å². The van der Waals surface area contributed by atoms with E-state index in [9.17, 15) is 13.2 Å². The van der Waals surface area contributed by atoms with Gasteiger partial charge in [0.2, 0.25) is 0 Å². The first-order valence-electron chi connectivity index (χ1n) is 9.70. The summed E-state index contributed by atoms with van der Waals surface area (Å²) in [5.41, 5.74) is 1.51. The Morgan fingerprint density at radius 3 is 2.55 bits per heavy atom. The van der Waals surface area contributed by atoms with Crippen molar-refractivity contribution >= 4 is 11.6 Å². The smallest absolute Gasteiger partial charge is 0.379 e. The van der Waals surface area contributed by atoms with Crippen molar-refractivity contribution < 1.29 is 17.9 Å². The minimum absolute atomic E-state index is 0.339. The molecular formula is C23H19ClF3N3O. The number of benzene rings is 1. The third-order valence-corrected chi connectivity index (χ3v) is 5.32. The van der Waals surface area contributed by atoms with Crippen molar-refractivity contribution in [3.63, 3.8) is 0 Å². The number of ether oxygens (including phenoxy) is 1. The molecule has 1 aromatic carbocycles. The van der Waals surface area contributed by atoms with Gasteiger partial charge in [0.05, 0.1) is 35.5 Å². The van der Waals surface area contributed by atoms with Crippen molar-refractivity contribution in [3.8, 4) is 11.3 Å². The highest BCUT2D eigenvalue weighted by atomic mass is 35.5. The van der Waals surface area contributed by atoms with Crippen molar-refractivity contribution in [3.05, 3.63) is 95.2 Å². The Morgan fingerprint density at radius 2 is 1.84 bits per heavy atom. The molecule has 4 rings (SSSR count). The van der Waals surface area contributed by atoms with E-state index in [0.717, 1.165) is 17.7 Å². The van der Waals surface area contributed by atoms with E-state index >= 15 is 0 Å². The van der Waals surface area contributed by atoms with Crippen LogP contribution in [0.5, 0.6) is 0 Å². The highest BCUT2D eigenvalue weighted by Gasteiger charge is 2.34. The molecule has 0 unspecified atom stereocenters. The summed E-state index contributed by atoms with van der Waals surface area (Å²) in [6, 6.07) is 12.2. The Morgan fingerprint density at radius 1 is 1.06 bits per heavy atom. The fourth-order valence-electron chi connectivity index (χ4n) is 3.49. The molecule has 0 N–H and O–H groups in total. The molecule has 0 amide bonds. The molecule has 0 bridgehead atoms. The maximum atomic E-state index is 13.4. The topological polar surface area (TPSA) is 38.2 Å². The van der Waals surface area contributed by atoms with Crippen LogP contribution in [-0.4, -0.2) is 41.2 Å².